The van der Waals surface area contributed by atoms with Gasteiger partial charge in [-0.2, -0.15) is 8.42 Å². The van der Waals surface area contributed by atoms with Crippen LogP contribution in [0.2, 0.25) is 5.02 Å². The minimum atomic E-state index is -4.25. The number of hydrogen-bond donors (Lipinski definition) is 0. The number of rotatable bonds is 7. The number of nitro benzene ring substituents is 1. The highest BCUT2D eigenvalue weighted by molar-refractivity contribution is 8.18. The van der Waals surface area contributed by atoms with E-state index in [0.717, 1.165) is 10.3 Å². The van der Waals surface area contributed by atoms with Crippen LogP contribution in [0.1, 0.15) is 11.1 Å². The molecule has 4 aromatic carbocycles. The van der Waals surface area contributed by atoms with Gasteiger partial charge in [0, 0.05) is 22.7 Å². The summed E-state index contributed by atoms with van der Waals surface area (Å²) in [5.74, 6) is -0.603. The van der Waals surface area contributed by atoms with Gasteiger partial charge in [-0.3, -0.25) is 24.6 Å². The number of hydrogen-bond acceptors (Lipinski definition) is 8. The zero-order chi connectivity index (χ0) is 27.7. The van der Waals surface area contributed by atoms with Crippen LogP contribution in [0.5, 0.6) is 5.75 Å². The number of thioether (sulfide) groups is 1. The Kier molecular flexibility index (Phi) is 7.13. The fourth-order valence-electron chi connectivity index (χ4n) is 3.94. The molecule has 1 aliphatic heterocycles. The van der Waals surface area contributed by atoms with Gasteiger partial charge in [-0.15, -0.1) is 0 Å². The number of halogens is 1. The van der Waals surface area contributed by atoms with Gasteiger partial charge in [0.05, 0.1) is 16.4 Å². The molecule has 0 aromatic heterocycles. The summed E-state index contributed by atoms with van der Waals surface area (Å²) in [5.41, 5.74) is 0.740. The third-order valence-electron chi connectivity index (χ3n) is 5.87. The summed E-state index contributed by atoms with van der Waals surface area (Å²) in [6.07, 6.45) is 1.44. The molecule has 39 heavy (non-hydrogen) atoms. The van der Waals surface area contributed by atoms with E-state index in [-0.39, 0.29) is 27.8 Å². The highest BCUT2D eigenvalue weighted by Gasteiger charge is 2.35. The third-order valence-corrected chi connectivity index (χ3v) is 8.28. The maximum Gasteiger partial charge on any atom is 0.339 e. The van der Waals surface area contributed by atoms with E-state index >= 15 is 0 Å². The molecule has 0 aliphatic carbocycles. The SMILES string of the molecule is O=C1S/C(=C\c2c(OS(=O)(=O)c3ccc(Cl)cc3)ccc3ccccc23)C(=O)N1Cc1ccc([N+](=O)[O-])cc1. The Morgan fingerprint density at radius 1 is 0.949 bits per heavy atom. The molecule has 5 rings (SSSR count). The van der Waals surface area contributed by atoms with Crippen LogP contribution >= 0.6 is 23.4 Å². The molecule has 1 aliphatic rings. The highest BCUT2D eigenvalue weighted by atomic mass is 35.5. The van der Waals surface area contributed by atoms with Crippen molar-refractivity contribution in [1.82, 2.24) is 4.90 Å². The lowest BCUT2D eigenvalue weighted by Crippen LogP contribution is -2.27. The van der Waals surface area contributed by atoms with Crippen molar-refractivity contribution in [2.75, 3.05) is 0 Å². The van der Waals surface area contributed by atoms with Crippen molar-refractivity contribution in [3.63, 3.8) is 0 Å². The van der Waals surface area contributed by atoms with E-state index in [4.69, 9.17) is 15.8 Å². The smallest absolute Gasteiger partial charge is 0.339 e. The quantitative estimate of drug-likeness (QED) is 0.106. The summed E-state index contributed by atoms with van der Waals surface area (Å²) in [7, 11) is -4.25. The van der Waals surface area contributed by atoms with Gasteiger partial charge in [0.15, 0.2) is 5.75 Å². The molecule has 9 nitrogen and oxygen atoms in total. The first-order valence-electron chi connectivity index (χ1n) is 11.3. The first-order valence-corrected chi connectivity index (χ1v) is 13.9. The first-order chi connectivity index (χ1) is 18.6. The molecule has 1 fully saturated rings. The minimum absolute atomic E-state index is 0.0224. The summed E-state index contributed by atoms with van der Waals surface area (Å²) in [4.78, 5) is 37.3. The molecular formula is C27H17ClN2O7S2. The van der Waals surface area contributed by atoms with E-state index in [1.807, 2.05) is 12.1 Å². The predicted molar refractivity (Wildman–Crippen MR) is 148 cm³/mol. The van der Waals surface area contributed by atoms with E-state index in [2.05, 4.69) is 0 Å². The second-order valence-electron chi connectivity index (χ2n) is 8.38. The Hall–Kier alpha value is -4.19. The fraction of sp³-hybridized carbons (Fsp3) is 0.0370. The number of amides is 2. The first kappa shape index (κ1) is 26.4. The molecule has 0 bridgehead atoms. The van der Waals surface area contributed by atoms with E-state index < -0.39 is 26.2 Å². The van der Waals surface area contributed by atoms with Crippen molar-refractivity contribution in [2.45, 2.75) is 11.4 Å². The Labute approximate surface area is 231 Å². The lowest BCUT2D eigenvalue weighted by molar-refractivity contribution is -0.384. The number of nitrogens with zero attached hydrogens (tertiary/aromatic N) is 2. The summed E-state index contributed by atoms with van der Waals surface area (Å²) >= 11 is 6.59. The Morgan fingerprint density at radius 2 is 1.64 bits per heavy atom. The lowest BCUT2D eigenvalue weighted by atomic mass is 10.0. The van der Waals surface area contributed by atoms with Gasteiger partial charge in [0.1, 0.15) is 4.90 Å². The average Bonchev–Trinajstić information content (AvgIpc) is 3.17. The molecule has 4 aromatic rings. The van der Waals surface area contributed by atoms with Gasteiger partial charge in [-0.05, 0) is 64.5 Å². The van der Waals surface area contributed by atoms with Gasteiger partial charge >= 0.3 is 10.1 Å². The average molecular weight is 581 g/mol. The number of carbonyl (C=O) groups excluding carboxylic acids is 2. The van der Waals surface area contributed by atoms with Crippen molar-refractivity contribution in [2.24, 2.45) is 0 Å². The van der Waals surface area contributed by atoms with Crippen LogP contribution in [0.25, 0.3) is 16.8 Å². The normalized spacial score (nSPS) is 14.8. The van der Waals surface area contributed by atoms with Crippen LogP contribution < -0.4 is 4.18 Å². The second-order valence-corrected chi connectivity index (χ2v) is 11.4. The Bertz CT molecular complexity index is 1770. The topological polar surface area (TPSA) is 124 Å². The molecule has 0 unspecified atom stereocenters. The molecule has 0 N–H and O–H groups in total. The number of imide groups is 1. The van der Waals surface area contributed by atoms with Gasteiger partial charge in [-0.1, -0.05) is 54.1 Å². The maximum atomic E-state index is 13.2. The van der Waals surface area contributed by atoms with Gasteiger partial charge in [-0.25, -0.2) is 0 Å². The van der Waals surface area contributed by atoms with Gasteiger partial charge in [0.25, 0.3) is 16.8 Å². The monoisotopic (exact) mass is 580 g/mol. The number of benzene rings is 4. The van der Waals surface area contributed by atoms with Gasteiger partial charge < -0.3 is 4.18 Å². The van der Waals surface area contributed by atoms with Crippen molar-refractivity contribution in [1.29, 1.82) is 0 Å². The minimum Gasteiger partial charge on any atom is -0.378 e. The summed E-state index contributed by atoms with van der Waals surface area (Å²) < 4.78 is 31.5. The maximum absolute atomic E-state index is 13.2. The second kappa shape index (κ2) is 10.5. The molecule has 12 heteroatoms. The molecule has 1 heterocycles. The Balaban J connectivity index is 1.50. The van der Waals surface area contributed by atoms with Crippen LogP contribution in [-0.4, -0.2) is 29.4 Å². The summed E-state index contributed by atoms with van der Waals surface area (Å²) in [5, 5.41) is 12.1. The number of fused-ring (bicyclic) bond motifs is 1. The molecule has 196 valence electrons. The van der Waals surface area contributed by atoms with Crippen LogP contribution in [0.4, 0.5) is 10.5 Å². The molecule has 0 atom stereocenters. The molecule has 0 spiro atoms. The van der Waals surface area contributed by atoms with E-state index in [9.17, 15) is 28.1 Å². The summed E-state index contributed by atoms with van der Waals surface area (Å²) in [6, 6.07) is 21.4. The molecule has 0 radical (unpaired) electrons. The van der Waals surface area contributed by atoms with Crippen molar-refractivity contribution in [3.8, 4) is 5.75 Å². The van der Waals surface area contributed by atoms with Crippen LogP contribution in [-0.2, 0) is 21.5 Å². The third kappa shape index (κ3) is 5.51. The summed E-state index contributed by atoms with van der Waals surface area (Å²) in [6.45, 7) is -0.0795. The number of carbonyl (C=O) groups is 2. The van der Waals surface area contributed by atoms with Crippen LogP contribution in [0, 0.1) is 10.1 Å². The zero-order valence-corrected chi connectivity index (χ0v) is 22.2. The lowest BCUT2D eigenvalue weighted by Gasteiger charge is -2.13. The molecular weight excluding hydrogens is 564 g/mol. The fourth-order valence-corrected chi connectivity index (χ4v) is 5.83. The predicted octanol–water partition coefficient (Wildman–Crippen LogP) is 6.41. The van der Waals surface area contributed by atoms with Crippen molar-refractivity contribution in [3.05, 3.63) is 116 Å². The van der Waals surface area contributed by atoms with E-state index in [1.54, 1.807) is 18.2 Å². The zero-order valence-electron chi connectivity index (χ0n) is 19.8. The Morgan fingerprint density at radius 3 is 2.33 bits per heavy atom. The largest absolute Gasteiger partial charge is 0.378 e. The number of non-ortho nitro benzene ring substituents is 1. The standard InChI is InChI=1S/C27H17ClN2O7S2/c28-19-8-12-21(13-9-19)39(35,36)37-24-14-7-18-3-1-2-4-22(18)23(24)15-25-26(31)29(27(32)38-25)16-17-5-10-20(11-6-17)30(33)34/h1-15H,16H2/b25-15-. The van der Waals surface area contributed by atoms with Crippen LogP contribution in [0.15, 0.2) is 94.7 Å². The van der Waals surface area contributed by atoms with E-state index in [1.165, 1.54) is 60.7 Å². The van der Waals surface area contributed by atoms with Crippen LogP contribution in [0.3, 0.4) is 0 Å². The molecule has 1 saturated heterocycles. The van der Waals surface area contributed by atoms with Gasteiger partial charge in [0.2, 0.25) is 0 Å². The highest BCUT2D eigenvalue weighted by Crippen LogP contribution is 2.38. The molecule has 2 amide bonds. The van der Waals surface area contributed by atoms with Crippen molar-refractivity contribution >= 4 is 67.2 Å². The molecule has 0 saturated carbocycles. The number of nitro groups is 1. The van der Waals surface area contributed by atoms with E-state index in [0.29, 0.717) is 33.3 Å². The van der Waals surface area contributed by atoms with Crippen molar-refractivity contribution < 1.29 is 27.1 Å².